The Kier molecular flexibility index (Phi) is 5.67. The maximum absolute atomic E-state index is 13.1. The second-order valence-corrected chi connectivity index (χ2v) is 9.97. The normalized spacial score (nSPS) is 18.0. The molecule has 0 aliphatic carbocycles. The van der Waals surface area contributed by atoms with Crippen LogP contribution in [0.15, 0.2) is 53.4 Å². The number of rotatable bonds is 5. The second-order valence-electron chi connectivity index (χ2n) is 6.97. The molecular weight excluding hydrogens is 408 g/mol. The number of benzene rings is 2. The fourth-order valence-electron chi connectivity index (χ4n) is 3.55. The number of hydrogen-bond donors (Lipinski definition) is 0. The molecule has 1 atom stereocenters. The Labute approximate surface area is 174 Å². The maximum atomic E-state index is 13.1. The SMILES string of the molecule is CCOC(=O)c1ccc(S(=O)(=O)N2CCC[C@@H](c3nc4ccccc4s3)C2)cc1. The van der Waals surface area contributed by atoms with E-state index in [1.807, 2.05) is 24.3 Å². The van der Waals surface area contributed by atoms with Crippen LogP contribution in [0.25, 0.3) is 10.2 Å². The first-order chi connectivity index (χ1) is 14.0. The van der Waals surface area contributed by atoms with Crippen molar-refractivity contribution in [3.63, 3.8) is 0 Å². The lowest BCUT2D eigenvalue weighted by Gasteiger charge is -2.31. The van der Waals surface area contributed by atoms with Crippen molar-refractivity contribution in [2.45, 2.75) is 30.6 Å². The monoisotopic (exact) mass is 430 g/mol. The van der Waals surface area contributed by atoms with Gasteiger partial charge >= 0.3 is 5.97 Å². The van der Waals surface area contributed by atoms with Gasteiger partial charge in [-0.1, -0.05) is 12.1 Å². The van der Waals surface area contributed by atoms with E-state index >= 15 is 0 Å². The molecule has 6 nitrogen and oxygen atoms in total. The predicted octanol–water partition coefficient (Wildman–Crippen LogP) is 4.04. The number of carbonyl (C=O) groups excluding carboxylic acids is 1. The first-order valence-electron chi connectivity index (χ1n) is 9.62. The zero-order valence-corrected chi connectivity index (χ0v) is 17.7. The highest BCUT2D eigenvalue weighted by molar-refractivity contribution is 7.89. The van der Waals surface area contributed by atoms with Gasteiger partial charge in [-0.3, -0.25) is 0 Å². The van der Waals surface area contributed by atoms with Gasteiger partial charge in [-0.15, -0.1) is 11.3 Å². The van der Waals surface area contributed by atoms with Gasteiger partial charge in [0.15, 0.2) is 0 Å². The Bertz CT molecular complexity index is 1090. The summed E-state index contributed by atoms with van der Waals surface area (Å²) in [6.07, 6.45) is 1.72. The molecule has 0 N–H and O–H groups in total. The second kappa shape index (κ2) is 8.22. The summed E-state index contributed by atoms with van der Waals surface area (Å²) in [7, 11) is -3.63. The highest BCUT2D eigenvalue weighted by Crippen LogP contribution is 2.34. The van der Waals surface area contributed by atoms with Crippen LogP contribution < -0.4 is 0 Å². The molecule has 0 saturated carbocycles. The van der Waals surface area contributed by atoms with Gasteiger partial charge in [0.25, 0.3) is 0 Å². The summed E-state index contributed by atoms with van der Waals surface area (Å²) < 4.78 is 33.9. The molecule has 29 heavy (non-hydrogen) atoms. The Morgan fingerprint density at radius 3 is 2.69 bits per heavy atom. The van der Waals surface area contributed by atoms with Gasteiger partial charge in [0.1, 0.15) is 0 Å². The smallest absolute Gasteiger partial charge is 0.338 e. The lowest BCUT2D eigenvalue weighted by atomic mass is 10.0. The Balaban J connectivity index is 1.54. The fraction of sp³-hybridized carbons (Fsp3) is 0.333. The minimum atomic E-state index is -3.63. The summed E-state index contributed by atoms with van der Waals surface area (Å²) >= 11 is 1.64. The average molecular weight is 431 g/mol. The van der Waals surface area contributed by atoms with Gasteiger partial charge in [0.2, 0.25) is 10.0 Å². The topological polar surface area (TPSA) is 76.6 Å². The molecule has 0 amide bonds. The number of para-hydroxylation sites is 1. The zero-order valence-electron chi connectivity index (χ0n) is 16.1. The molecule has 1 aliphatic heterocycles. The van der Waals surface area contributed by atoms with Crippen molar-refractivity contribution in [1.29, 1.82) is 0 Å². The van der Waals surface area contributed by atoms with E-state index < -0.39 is 16.0 Å². The number of nitrogens with zero attached hydrogens (tertiary/aromatic N) is 2. The van der Waals surface area contributed by atoms with Gasteiger partial charge in [-0.25, -0.2) is 18.2 Å². The van der Waals surface area contributed by atoms with Crippen LogP contribution in [-0.2, 0) is 14.8 Å². The van der Waals surface area contributed by atoms with Crippen LogP contribution in [-0.4, -0.2) is 43.4 Å². The van der Waals surface area contributed by atoms with E-state index in [1.165, 1.54) is 28.6 Å². The third-order valence-electron chi connectivity index (χ3n) is 5.05. The van der Waals surface area contributed by atoms with Gasteiger partial charge in [0, 0.05) is 19.0 Å². The molecule has 2 aromatic carbocycles. The van der Waals surface area contributed by atoms with E-state index in [2.05, 4.69) is 0 Å². The summed E-state index contributed by atoms with van der Waals surface area (Å²) in [6, 6.07) is 13.9. The van der Waals surface area contributed by atoms with Crippen LogP contribution in [0, 0.1) is 0 Å². The zero-order chi connectivity index (χ0) is 20.4. The van der Waals surface area contributed by atoms with Crippen molar-refractivity contribution in [1.82, 2.24) is 9.29 Å². The number of carbonyl (C=O) groups is 1. The summed E-state index contributed by atoms with van der Waals surface area (Å²) in [6.45, 7) is 2.92. The molecule has 0 radical (unpaired) electrons. The Morgan fingerprint density at radius 2 is 1.97 bits per heavy atom. The molecule has 0 bridgehead atoms. The molecule has 8 heteroatoms. The van der Waals surface area contributed by atoms with Crippen LogP contribution in [0.2, 0.25) is 0 Å². The van der Waals surface area contributed by atoms with Crippen LogP contribution in [0.3, 0.4) is 0 Å². The molecule has 0 unspecified atom stereocenters. The summed E-state index contributed by atoms with van der Waals surface area (Å²) in [4.78, 5) is 16.7. The van der Waals surface area contributed by atoms with Crippen LogP contribution in [0.1, 0.15) is 41.0 Å². The van der Waals surface area contributed by atoms with E-state index in [1.54, 1.807) is 18.3 Å². The molecule has 0 spiro atoms. The van der Waals surface area contributed by atoms with E-state index in [9.17, 15) is 13.2 Å². The highest BCUT2D eigenvalue weighted by Gasteiger charge is 2.32. The number of fused-ring (bicyclic) bond motifs is 1. The maximum Gasteiger partial charge on any atom is 0.338 e. The molecule has 1 saturated heterocycles. The highest BCUT2D eigenvalue weighted by atomic mass is 32.2. The third-order valence-corrected chi connectivity index (χ3v) is 8.13. The Morgan fingerprint density at radius 1 is 1.21 bits per heavy atom. The standard InChI is InChI=1S/C21H22N2O4S2/c1-2-27-21(24)15-9-11-17(12-10-15)29(25,26)23-13-5-6-16(14-23)20-22-18-7-3-4-8-19(18)28-20/h3-4,7-12,16H,2,5-6,13-14H2,1H3/t16-/m1/s1. The van der Waals surface area contributed by atoms with Gasteiger partial charge < -0.3 is 4.74 Å². The van der Waals surface area contributed by atoms with Gasteiger partial charge in [0.05, 0.1) is 32.3 Å². The molecule has 1 fully saturated rings. The number of ether oxygens (including phenoxy) is 1. The molecule has 4 rings (SSSR count). The Hall–Kier alpha value is -2.29. The fourth-order valence-corrected chi connectivity index (χ4v) is 6.17. The summed E-state index contributed by atoms with van der Waals surface area (Å²) in [5, 5.41) is 0.990. The van der Waals surface area contributed by atoms with E-state index in [4.69, 9.17) is 9.72 Å². The molecule has 2 heterocycles. The van der Waals surface area contributed by atoms with Gasteiger partial charge in [-0.2, -0.15) is 4.31 Å². The molecular formula is C21H22N2O4S2. The first kappa shape index (κ1) is 20.0. The lowest BCUT2D eigenvalue weighted by Crippen LogP contribution is -2.39. The van der Waals surface area contributed by atoms with E-state index in [-0.39, 0.29) is 17.4 Å². The van der Waals surface area contributed by atoms with Crippen LogP contribution in [0.4, 0.5) is 0 Å². The lowest BCUT2D eigenvalue weighted by molar-refractivity contribution is 0.0526. The molecule has 1 aromatic heterocycles. The number of hydrogen-bond acceptors (Lipinski definition) is 6. The largest absolute Gasteiger partial charge is 0.462 e. The predicted molar refractivity (Wildman–Crippen MR) is 113 cm³/mol. The number of piperidine rings is 1. The number of sulfonamides is 1. The van der Waals surface area contributed by atoms with Crippen LogP contribution >= 0.6 is 11.3 Å². The molecule has 152 valence electrons. The first-order valence-corrected chi connectivity index (χ1v) is 11.9. The van der Waals surface area contributed by atoms with E-state index in [0.717, 1.165) is 28.1 Å². The van der Waals surface area contributed by atoms with Crippen LogP contribution in [0.5, 0.6) is 0 Å². The average Bonchev–Trinajstić information content (AvgIpc) is 3.18. The van der Waals surface area contributed by atoms with Crippen molar-refractivity contribution in [3.8, 4) is 0 Å². The summed E-state index contributed by atoms with van der Waals surface area (Å²) in [5.41, 5.74) is 1.30. The van der Waals surface area contributed by atoms with E-state index in [0.29, 0.717) is 18.7 Å². The quantitative estimate of drug-likeness (QED) is 0.571. The molecule has 1 aliphatic rings. The molecule has 3 aromatic rings. The third kappa shape index (κ3) is 4.05. The minimum Gasteiger partial charge on any atom is -0.462 e. The number of thiazole rings is 1. The minimum absolute atomic E-state index is 0.0923. The van der Waals surface area contributed by atoms with Gasteiger partial charge in [-0.05, 0) is 56.2 Å². The van der Waals surface area contributed by atoms with Crippen molar-refractivity contribution in [2.24, 2.45) is 0 Å². The van der Waals surface area contributed by atoms with Crippen molar-refractivity contribution < 1.29 is 17.9 Å². The van der Waals surface area contributed by atoms with Crippen molar-refractivity contribution in [3.05, 3.63) is 59.1 Å². The van der Waals surface area contributed by atoms with Crippen molar-refractivity contribution >= 4 is 37.5 Å². The summed E-state index contributed by atoms with van der Waals surface area (Å²) in [5.74, 6) is -0.361. The van der Waals surface area contributed by atoms with Crippen molar-refractivity contribution in [2.75, 3.05) is 19.7 Å². The number of aromatic nitrogens is 1. The number of esters is 1.